The molecule has 0 unspecified atom stereocenters. The molecule has 16 heavy (non-hydrogen) atoms. The van der Waals surface area contributed by atoms with Gasteiger partial charge in [0.1, 0.15) is 0 Å². The maximum absolute atomic E-state index is 9.71. The van der Waals surface area contributed by atoms with Crippen LogP contribution in [0.4, 0.5) is 0 Å². The van der Waals surface area contributed by atoms with Crippen LogP contribution in [0.15, 0.2) is 0 Å². The van der Waals surface area contributed by atoms with E-state index in [0.717, 1.165) is 12.8 Å². The second kappa shape index (κ2) is 14.9. The van der Waals surface area contributed by atoms with E-state index < -0.39 is 0 Å². The fourth-order valence-electron chi connectivity index (χ4n) is 2.00. The zero-order chi connectivity index (χ0) is 11.9. The molecule has 0 rings (SSSR count). The van der Waals surface area contributed by atoms with Crippen LogP contribution >= 0.6 is 0 Å². The molecule has 0 N–H and O–H groups in total. The lowest BCUT2D eigenvalue weighted by molar-refractivity contribution is -0.303. The molecule has 0 aliphatic carbocycles. The second-order valence-corrected chi connectivity index (χ2v) is 4.71. The van der Waals surface area contributed by atoms with Gasteiger partial charge in [-0.15, -0.1) is 0 Å². The van der Waals surface area contributed by atoms with Crippen molar-refractivity contribution in [3.8, 4) is 0 Å². The van der Waals surface area contributed by atoms with E-state index >= 15 is 0 Å². The van der Waals surface area contributed by atoms with Crippen LogP contribution in [0.1, 0.15) is 84.0 Å². The zero-order valence-corrected chi connectivity index (χ0v) is 11.0. The molecule has 0 aliphatic heterocycles. The highest BCUT2D eigenvalue weighted by Crippen LogP contribution is 2.11. The smallest absolute Gasteiger partial charge is 0.0854 e. The fourth-order valence-corrected chi connectivity index (χ4v) is 2.00. The standard InChI is InChI=1S/C14H29O2/c1-2-3-4-5-6-7-8-9-10-11-12-13-14-16-15/h2-14H2,1H3. The molecule has 0 aromatic carbocycles. The van der Waals surface area contributed by atoms with E-state index in [1.807, 2.05) is 0 Å². The number of hydrogen-bond donors (Lipinski definition) is 0. The van der Waals surface area contributed by atoms with Gasteiger partial charge in [-0.25, -0.2) is 4.89 Å². The number of hydrogen-bond acceptors (Lipinski definition) is 1. The third-order valence-corrected chi connectivity index (χ3v) is 3.08. The summed E-state index contributed by atoms with van der Waals surface area (Å²) in [4.78, 5) is 3.78. The molecule has 0 aromatic heterocycles. The van der Waals surface area contributed by atoms with Crippen molar-refractivity contribution in [2.45, 2.75) is 84.0 Å². The van der Waals surface area contributed by atoms with Crippen LogP contribution in [-0.4, -0.2) is 6.61 Å². The molecule has 2 nitrogen and oxygen atoms in total. The number of rotatable bonds is 13. The summed E-state index contributed by atoms with van der Waals surface area (Å²) in [6.45, 7) is 2.65. The molecule has 0 spiro atoms. The summed E-state index contributed by atoms with van der Waals surface area (Å²) in [6.07, 6.45) is 15.9. The first kappa shape index (κ1) is 15.9. The maximum Gasteiger partial charge on any atom is 0.0854 e. The molecule has 2 heteroatoms. The van der Waals surface area contributed by atoms with Crippen molar-refractivity contribution in [2.75, 3.05) is 6.61 Å². The highest BCUT2D eigenvalue weighted by molar-refractivity contribution is 4.48. The Morgan fingerprint density at radius 1 is 0.625 bits per heavy atom. The van der Waals surface area contributed by atoms with E-state index in [1.54, 1.807) is 0 Å². The van der Waals surface area contributed by atoms with Gasteiger partial charge in [0.15, 0.2) is 0 Å². The predicted molar refractivity (Wildman–Crippen MR) is 67.7 cm³/mol. The Labute approximate surface area is 101 Å². The topological polar surface area (TPSA) is 29.1 Å². The van der Waals surface area contributed by atoms with Crippen LogP contribution in [0.2, 0.25) is 0 Å². The third kappa shape index (κ3) is 13.9. The van der Waals surface area contributed by atoms with Crippen molar-refractivity contribution >= 4 is 0 Å². The fraction of sp³-hybridized carbons (Fsp3) is 1.00. The molecule has 0 amide bonds. The van der Waals surface area contributed by atoms with E-state index in [9.17, 15) is 5.26 Å². The predicted octanol–water partition coefficient (Wildman–Crippen LogP) is 5.05. The molecule has 0 fully saturated rings. The van der Waals surface area contributed by atoms with Gasteiger partial charge < -0.3 is 0 Å². The average Bonchev–Trinajstić information content (AvgIpc) is 2.31. The largest absolute Gasteiger partial charge is 0.204 e. The molecule has 0 aliphatic rings. The van der Waals surface area contributed by atoms with E-state index in [1.165, 1.54) is 64.2 Å². The average molecular weight is 229 g/mol. The molecular weight excluding hydrogens is 200 g/mol. The molecule has 0 saturated heterocycles. The van der Waals surface area contributed by atoms with E-state index in [0.29, 0.717) is 6.61 Å². The summed E-state index contributed by atoms with van der Waals surface area (Å²) >= 11 is 0. The van der Waals surface area contributed by atoms with Gasteiger partial charge in [-0.2, -0.15) is 0 Å². The van der Waals surface area contributed by atoms with Gasteiger partial charge >= 0.3 is 0 Å². The van der Waals surface area contributed by atoms with E-state index in [4.69, 9.17) is 0 Å². The molecule has 0 saturated carbocycles. The summed E-state index contributed by atoms with van der Waals surface area (Å²) in [7, 11) is 0. The van der Waals surface area contributed by atoms with Crippen molar-refractivity contribution in [1.82, 2.24) is 0 Å². The summed E-state index contributed by atoms with van der Waals surface area (Å²) < 4.78 is 0. The van der Waals surface area contributed by atoms with Crippen LogP contribution in [0.5, 0.6) is 0 Å². The minimum Gasteiger partial charge on any atom is -0.204 e. The summed E-state index contributed by atoms with van der Waals surface area (Å²) in [5.74, 6) is 0. The van der Waals surface area contributed by atoms with Gasteiger partial charge in [-0.3, -0.25) is 0 Å². The van der Waals surface area contributed by atoms with Crippen molar-refractivity contribution < 1.29 is 10.1 Å². The minimum atomic E-state index is 0.386. The van der Waals surface area contributed by atoms with Crippen LogP contribution in [0, 0.1) is 0 Å². The van der Waals surface area contributed by atoms with Gasteiger partial charge in [0.2, 0.25) is 0 Å². The van der Waals surface area contributed by atoms with Crippen molar-refractivity contribution in [3.63, 3.8) is 0 Å². The highest BCUT2D eigenvalue weighted by atomic mass is 17.1. The Morgan fingerprint density at radius 3 is 1.38 bits per heavy atom. The van der Waals surface area contributed by atoms with Gasteiger partial charge in [-0.1, -0.05) is 77.6 Å². The Hall–Kier alpha value is -0.0800. The third-order valence-electron chi connectivity index (χ3n) is 3.08. The maximum atomic E-state index is 9.71. The van der Waals surface area contributed by atoms with E-state index in [2.05, 4.69) is 11.8 Å². The molecule has 0 aromatic rings. The lowest BCUT2D eigenvalue weighted by Gasteiger charge is -2.02. The lowest BCUT2D eigenvalue weighted by Crippen LogP contribution is -1.87. The first-order valence-corrected chi connectivity index (χ1v) is 7.16. The Balaban J connectivity index is 2.83. The molecular formula is C14H29O2. The lowest BCUT2D eigenvalue weighted by atomic mass is 10.1. The van der Waals surface area contributed by atoms with Crippen molar-refractivity contribution in [2.24, 2.45) is 0 Å². The highest BCUT2D eigenvalue weighted by Gasteiger charge is 1.93. The normalized spacial score (nSPS) is 10.9. The summed E-state index contributed by atoms with van der Waals surface area (Å²) in [5, 5.41) is 9.71. The molecule has 1 radical (unpaired) electrons. The molecule has 0 atom stereocenters. The van der Waals surface area contributed by atoms with Gasteiger partial charge in [-0.05, 0) is 11.7 Å². The van der Waals surface area contributed by atoms with Crippen LogP contribution in [0.3, 0.4) is 0 Å². The first-order valence-electron chi connectivity index (χ1n) is 7.16. The second-order valence-electron chi connectivity index (χ2n) is 4.71. The SMILES string of the molecule is CCCCCCCCCCCCCCO[O]. The zero-order valence-electron chi connectivity index (χ0n) is 11.0. The summed E-state index contributed by atoms with van der Waals surface area (Å²) in [5.41, 5.74) is 0. The van der Waals surface area contributed by atoms with Crippen molar-refractivity contribution in [1.29, 1.82) is 0 Å². The van der Waals surface area contributed by atoms with Gasteiger partial charge in [0.25, 0.3) is 0 Å². The first-order chi connectivity index (χ1) is 7.91. The van der Waals surface area contributed by atoms with Crippen LogP contribution in [0.25, 0.3) is 0 Å². The molecule has 0 bridgehead atoms. The van der Waals surface area contributed by atoms with E-state index in [-0.39, 0.29) is 0 Å². The monoisotopic (exact) mass is 229 g/mol. The quantitative estimate of drug-likeness (QED) is 0.247. The van der Waals surface area contributed by atoms with Crippen LogP contribution < -0.4 is 0 Å². The minimum absolute atomic E-state index is 0.386. The molecule has 0 heterocycles. The van der Waals surface area contributed by atoms with Gasteiger partial charge in [0.05, 0.1) is 6.61 Å². The van der Waals surface area contributed by atoms with Gasteiger partial charge in [0, 0.05) is 0 Å². The number of unbranched alkanes of at least 4 members (excludes halogenated alkanes) is 11. The van der Waals surface area contributed by atoms with Crippen molar-refractivity contribution in [3.05, 3.63) is 0 Å². The summed E-state index contributed by atoms with van der Waals surface area (Å²) in [6, 6.07) is 0. The van der Waals surface area contributed by atoms with Crippen LogP contribution in [-0.2, 0) is 10.1 Å². The Bertz CT molecular complexity index is 101. The Kier molecular flexibility index (Phi) is 14.8. The Morgan fingerprint density at radius 2 is 1.00 bits per heavy atom. The molecule has 97 valence electrons.